The van der Waals surface area contributed by atoms with Crippen LogP contribution in [0.1, 0.15) is 10.6 Å². The van der Waals surface area contributed by atoms with Crippen molar-refractivity contribution in [3.63, 3.8) is 0 Å². The number of carboxylic acid groups (broad SMARTS) is 1. The van der Waals surface area contributed by atoms with Gasteiger partial charge in [0, 0.05) is 6.07 Å². The summed E-state index contributed by atoms with van der Waals surface area (Å²) in [5.74, 6) is -1.59. The monoisotopic (exact) mass is 208 g/mol. The molecule has 15 heavy (non-hydrogen) atoms. The van der Waals surface area contributed by atoms with E-state index in [4.69, 9.17) is 14.3 Å². The number of aromatic hydroxyl groups is 1. The summed E-state index contributed by atoms with van der Waals surface area (Å²) in [6, 6.07) is 4.67. The Morgan fingerprint density at radius 3 is 2.80 bits per heavy atom. The summed E-state index contributed by atoms with van der Waals surface area (Å²) < 4.78 is 9.92. The first-order chi connectivity index (χ1) is 7.13. The van der Waals surface area contributed by atoms with Crippen LogP contribution in [-0.2, 0) is 0 Å². The predicted octanol–water partition coefficient (Wildman–Crippen LogP) is 1.85. The normalized spacial score (nSPS) is 10.5. The summed E-state index contributed by atoms with van der Waals surface area (Å²) in [7, 11) is 1.49. The van der Waals surface area contributed by atoms with E-state index in [9.17, 15) is 9.90 Å². The third kappa shape index (κ3) is 1.38. The van der Waals surface area contributed by atoms with Crippen LogP contribution >= 0.6 is 0 Å². The van der Waals surface area contributed by atoms with Gasteiger partial charge in [0.1, 0.15) is 11.3 Å². The number of carbonyl (C=O) groups is 1. The quantitative estimate of drug-likeness (QED) is 0.787. The summed E-state index contributed by atoms with van der Waals surface area (Å²) in [6.07, 6.45) is 0. The van der Waals surface area contributed by atoms with Gasteiger partial charge in [0.15, 0.2) is 5.75 Å². The molecule has 0 amide bonds. The predicted molar refractivity (Wildman–Crippen MR) is 51.4 cm³/mol. The summed E-state index contributed by atoms with van der Waals surface area (Å²) in [4.78, 5) is 10.7. The van der Waals surface area contributed by atoms with Gasteiger partial charge < -0.3 is 19.4 Å². The zero-order valence-corrected chi connectivity index (χ0v) is 7.85. The van der Waals surface area contributed by atoms with Crippen LogP contribution in [0.2, 0.25) is 0 Å². The van der Waals surface area contributed by atoms with Gasteiger partial charge in [-0.25, -0.2) is 4.79 Å². The molecule has 0 bridgehead atoms. The van der Waals surface area contributed by atoms with Gasteiger partial charge in [-0.3, -0.25) is 0 Å². The van der Waals surface area contributed by atoms with E-state index in [0.29, 0.717) is 11.1 Å². The van der Waals surface area contributed by atoms with Crippen molar-refractivity contribution >= 4 is 16.9 Å². The van der Waals surface area contributed by atoms with Crippen molar-refractivity contribution in [3.8, 4) is 11.5 Å². The average molecular weight is 208 g/mol. The van der Waals surface area contributed by atoms with Crippen LogP contribution in [0.3, 0.4) is 0 Å². The number of benzene rings is 1. The molecule has 0 saturated carbocycles. The lowest BCUT2D eigenvalue weighted by Gasteiger charge is -1.96. The van der Waals surface area contributed by atoms with E-state index in [1.807, 2.05) is 0 Å². The molecule has 0 aliphatic carbocycles. The highest BCUT2D eigenvalue weighted by atomic mass is 16.5. The van der Waals surface area contributed by atoms with E-state index in [2.05, 4.69) is 0 Å². The fourth-order valence-electron chi connectivity index (χ4n) is 1.34. The van der Waals surface area contributed by atoms with E-state index in [1.54, 1.807) is 12.1 Å². The van der Waals surface area contributed by atoms with Gasteiger partial charge in [-0.1, -0.05) is 0 Å². The Morgan fingerprint density at radius 1 is 1.47 bits per heavy atom. The molecule has 2 aromatic rings. The highest BCUT2D eigenvalue weighted by Gasteiger charge is 2.19. The molecule has 1 aromatic carbocycles. The van der Waals surface area contributed by atoms with Crippen molar-refractivity contribution in [2.24, 2.45) is 0 Å². The molecule has 2 rings (SSSR count). The third-order valence-electron chi connectivity index (χ3n) is 2.07. The fraction of sp³-hybridized carbons (Fsp3) is 0.100. The Hall–Kier alpha value is -2.17. The maximum absolute atomic E-state index is 10.7. The Bertz CT molecular complexity index is 526. The summed E-state index contributed by atoms with van der Waals surface area (Å²) >= 11 is 0. The molecule has 5 nitrogen and oxygen atoms in total. The molecular formula is C10H8O5. The molecule has 0 atom stereocenters. The summed E-state index contributed by atoms with van der Waals surface area (Å²) in [5, 5.41) is 18.6. The van der Waals surface area contributed by atoms with Crippen molar-refractivity contribution in [3.05, 3.63) is 24.0 Å². The topological polar surface area (TPSA) is 79.9 Å². The number of furan rings is 1. The SMILES string of the molecule is COc1ccc2c(O)c(C(=O)O)oc2c1. The van der Waals surface area contributed by atoms with Gasteiger partial charge in [0.05, 0.1) is 12.5 Å². The van der Waals surface area contributed by atoms with Gasteiger partial charge in [-0.2, -0.15) is 0 Å². The van der Waals surface area contributed by atoms with E-state index in [1.165, 1.54) is 13.2 Å². The maximum Gasteiger partial charge on any atom is 0.375 e. The lowest BCUT2D eigenvalue weighted by atomic mass is 10.2. The number of rotatable bonds is 2. The lowest BCUT2D eigenvalue weighted by molar-refractivity contribution is 0.0660. The van der Waals surface area contributed by atoms with Crippen LogP contribution in [0.25, 0.3) is 11.0 Å². The van der Waals surface area contributed by atoms with Crippen LogP contribution in [0.15, 0.2) is 22.6 Å². The van der Waals surface area contributed by atoms with Crippen LogP contribution < -0.4 is 4.74 Å². The zero-order valence-electron chi connectivity index (χ0n) is 7.85. The smallest absolute Gasteiger partial charge is 0.375 e. The van der Waals surface area contributed by atoms with Gasteiger partial charge in [0.25, 0.3) is 5.76 Å². The minimum absolute atomic E-state index is 0.282. The second kappa shape index (κ2) is 3.20. The lowest BCUT2D eigenvalue weighted by Crippen LogP contribution is -1.92. The molecule has 78 valence electrons. The standard InChI is InChI=1S/C10H8O5/c1-14-5-2-3-6-7(4-5)15-9(8(6)11)10(12)13/h2-4,11H,1H3,(H,12,13). The fourth-order valence-corrected chi connectivity index (χ4v) is 1.34. The number of hydrogen-bond acceptors (Lipinski definition) is 4. The summed E-state index contributed by atoms with van der Waals surface area (Å²) in [5.41, 5.74) is 0.282. The number of carboxylic acids is 1. The summed E-state index contributed by atoms with van der Waals surface area (Å²) in [6.45, 7) is 0. The minimum Gasteiger partial charge on any atom is -0.504 e. The molecule has 0 radical (unpaired) electrons. The molecule has 0 saturated heterocycles. The first-order valence-electron chi connectivity index (χ1n) is 4.16. The first kappa shape index (κ1) is 9.39. The highest BCUT2D eigenvalue weighted by molar-refractivity contribution is 5.97. The second-order valence-corrected chi connectivity index (χ2v) is 2.95. The molecule has 0 aliphatic rings. The molecule has 1 aromatic heterocycles. The molecule has 0 unspecified atom stereocenters. The van der Waals surface area contributed by atoms with Crippen LogP contribution in [0, 0.1) is 0 Å². The largest absolute Gasteiger partial charge is 0.504 e. The average Bonchev–Trinajstić information content (AvgIpc) is 2.55. The molecule has 0 aliphatic heterocycles. The highest BCUT2D eigenvalue weighted by Crippen LogP contribution is 2.33. The Morgan fingerprint density at radius 2 is 2.20 bits per heavy atom. The van der Waals surface area contributed by atoms with Gasteiger partial charge in [-0.15, -0.1) is 0 Å². The molecule has 0 fully saturated rings. The van der Waals surface area contributed by atoms with E-state index < -0.39 is 11.7 Å². The van der Waals surface area contributed by atoms with Crippen LogP contribution in [-0.4, -0.2) is 23.3 Å². The number of methoxy groups -OCH3 is 1. The van der Waals surface area contributed by atoms with Crippen molar-refractivity contribution < 1.29 is 24.2 Å². The van der Waals surface area contributed by atoms with Gasteiger partial charge in [-0.05, 0) is 12.1 Å². The molecule has 5 heteroatoms. The van der Waals surface area contributed by atoms with E-state index >= 15 is 0 Å². The van der Waals surface area contributed by atoms with Gasteiger partial charge in [0.2, 0.25) is 0 Å². The molecule has 0 spiro atoms. The first-order valence-corrected chi connectivity index (χ1v) is 4.16. The number of hydrogen-bond donors (Lipinski definition) is 2. The Labute approximate surface area is 84.5 Å². The molecular weight excluding hydrogens is 200 g/mol. The van der Waals surface area contributed by atoms with Gasteiger partial charge >= 0.3 is 5.97 Å². The Balaban J connectivity index is 2.70. The molecule has 2 N–H and O–H groups in total. The van der Waals surface area contributed by atoms with Crippen molar-refractivity contribution in [2.75, 3.05) is 7.11 Å². The second-order valence-electron chi connectivity index (χ2n) is 2.95. The Kier molecular flexibility index (Phi) is 2.00. The number of fused-ring (bicyclic) bond motifs is 1. The third-order valence-corrected chi connectivity index (χ3v) is 2.07. The number of aromatic carboxylic acids is 1. The van der Waals surface area contributed by atoms with Crippen molar-refractivity contribution in [1.82, 2.24) is 0 Å². The molecule has 1 heterocycles. The van der Waals surface area contributed by atoms with Crippen LogP contribution in [0.5, 0.6) is 11.5 Å². The van der Waals surface area contributed by atoms with Crippen molar-refractivity contribution in [2.45, 2.75) is 0 Å². The minimum atomic E-state index is -1.30. The van der Waals surface area contributed by atoms with E-state index in [0.717, 1.165) is 0 Å². The maximum atomic E-state index is 10.7. The number of ether oxygens (including phenoxy) is 1. The van der Waals surface area contributed by atoms with E-state index in [-0.39, 0.29) is 11.3 Å². The zero-order chi connectivity index (χ0) is 11.0. The van der Waals surface area contributed by atoms with Crippen LogP contribution in [0.4, 0.5) is 0 Å². The van der Waals surface area contributed by atoms with Crippen molar-refractivity contribution in [1.29, 1.82) is 0 Å².